The van der Waals surface area contributed by atoms with Gasteiger partial charge >= 0.3 is 0 Å². The molecular formula is C14H19N3OS. The largest absolute Gasteiger partial charge is 0.352 e. The van der Waals surface area contributed by atoms with Crippen molar-refractivity contribution in [3.63, 3.8) is 0 Å². The monoisotopic (exact) mass is 277 g/mol. The van der Waals surface area contributed by atoms with Crippen molar-refractivity contribution in [1.29, 1.82) is 0 Å². The van der Waals surface area contributed by atoms with Crippen molar-refractivity contribution in [2.24, 2.45) is 0 Å². The Morgan fingerprint density at radius 1 is 1.53 bits per heavy atom. The molecule has 1 amide bonds. The first kappa shape index (κ1) is 13.8. The number of carbonyl (C=O) groups excluding carboxylic acids is 1. The quantitative estimate of drug-likeness (QED) is 0.825. The summed E-state index contributed by atoms with van der Waals surface area (Å²) < 4.78 is 2.01. The first-order chi connectivity index (χ1) is 9.22. The van der Waals surface area contributed by atoms with Crippen LogP contribution in [0.5, 0.6) is 0 Å². The van der Waals surface area contributed by atoms with Crippen LogP contribution < -0.4 is 5.32 Å². The van der Waals surface area contributed by atoms with Gasteiger partial charge in [-0.05, 0) is 25.3 Å². The number of amides is 1. The highest BCUT2D eigenvalue weighted by Crippen LogP contribution is 2.22. The van der Waals surface area contributed by atoms with Crippen molar-refractivity contribution in [3.05, 3.63) is 40.1 Å². The van der Waals surface area contributed by atoms with Crippen molar-refractivity contribution in [2.75, 3.05) is 6.54 Å². The number of imidazole rings is 1. The lowest BCUT2D eigenvalue weighted by atomic mass is 10.1. The number of aromatic nitrogens is 2. The van der Waals surface area contributed by atoms with Crippen molar-refractivity contribution >= 4 is 17.2 Å². The number of carbonyl (C=O) groups is 1. The van der Waals surface area contributed by atoms with E-state index in [1.54, 1.807) is 23.9 Å². The molecular weight excluding hydrogens is 258 g/mol. The van der Waals surface area contributed by atoms with E-state index in [9.17, 15) is 4.79 Å². The second-order valence-electron chi connectivity index (χ2n) is 4.45. The number of hydrogen-bond acceptors (Lipinski definition) is 3. The number of hydrogen-bond donors (Lipinski definition) is 1. The van der Waals surface area contributed by atoms with Crippen molar-refractivity contribution < 1.29 is 4.79 Å². The predicted octanol–water partition coefficient (Wildman–Crippen LogP) is 2.64. The molecule has 0 bridgehead atoms. The van der Waals surface area contributed by atoms with E-state index in [1.165, 1.54) is 10.4 Å². The molecule has 2 rings (SSSR count). The molecule has 5 heteroatoms. The van der Waals surface area contributed by atoms with Gasteiger partial charge in [-0.15, -0.1) is 11.3 Å². The maximum Gasteiger partial charge on any atom is 0.252 e. The minimum atomic E-state index is 0.0480. The van der Waals surface area contributed by atoms with E-state index in [0.717, 1.165) is 24.9 Å². The number of nitrogens with one attached hydrogen (secondary N) is 1. The van der Waals surface area contributed by atoms with Crippen molar-refractivity contribution in [3.8, 4) is 0 Å². The van der Waals surface area contributed by atoms with Crippen LogP contribution in [0.2, 0.25) is 0 Å². The second-order valence-corrected chi connectivity index (χ2v) is 5.53. The van der Waals surface area contributed by atoms with Crippen molar-refractivity contribution in [2.45, 2.75) is 33.2 Å². The number of thiophene rings is 1. The fraction of sp³-hybridized carbons (Fsp3) is 0.429. The molecule has 0 unspecified atom stereocenters. The Morgan fingerprint density at radius 3 is 3.05 bits per heavy atom. The van der Waals surface area contributed by atoms with E-state index >= 15 is 0 Å². The molecule has 0 spiro atoms. The fourth-order valence-electron chi connectivity index (χ4n) is 2.09. The molecule has 19 heavy (non-hydrogen) atoms. The van der Waals surface area contributed by atoms with Gasteiger partial charge in [0.15, 0.2) is 0 Å². The Morgan fingerprint density at radius 2 is 2.37 bits per heavy atom. The van der Waals surface area contributed by atoms with Gasteiger partial charge in [0.05, 0.1) is 11.9 Å². The van der Waals surface area contributed by atoms with Crippen LogP contribution >= 0.6 is 11.3 Å². The van der Waals surface area contributed by atoms with Crippen LogP contribution in [0.1, 0.15) is 34.1 Å². The number of rotatable bonds is 6. The van der Waals surface area contributed by atoms with Gasteiger partial charge in [-0.3, -0.25) is 4.79 Å². The molecule has 1 N–H and O–H groups in total. The Hall–Kier alpha value is -1.62. The predicted molar refractivity (Wildman–Crippen MR) is 77.6 cm³/mol. The SMILES string of the molecule is CCc1c(C(=O)NCCCn2ccnc2)csc1C. The van der Waals surface area contributed by atoms with Crippen LogP contribution in [-0.4, -0.2) is 22.0 Å². The Balaban J connectivity index is 1.81. The van der Waals surface area contributed by atoms with E-state index in [4.69, 9.17) is 0 Å². The summed E-state index contributed by atoms with van der Waals surface area (Å²) in [7, 11) is 0. The van der Waals surface area contributed by atoms with E-state index in [1.807, 2.05) is 16.1 Å². The van der Waals surface area contributed by atoms with Gasteiger partial charge in [-0.25, -0.2) is 4.98 Å². The molecule has 0 aliphatic carbocycles. The molecule has 0 saturated heterocycles. The topological polar surface area (TPSA) is 46.9 Å². The van der Waals surface area contributed by atoms with Gasteiger partial charge in [0.1, 0.15) is 0 Å². The molecule has 0 aromatic carbocycles. The molecule has 0 atom stereocenters. The lowest BCUT2D eigenvalue weighted by Crippen LogP contribution is -2.25. The number of nitrogens with zero attached hydrogens (tertiary/aromatic N) is 2. The minimum absolute atomic E-state index is 0.0480. The standard InChI is InChI=1S/C14H19N3OS/c1-3-12-11(2)19-9-13(12)14(18)16-5-4-7-17-8-6-15-10-17/h6,8-10H,3-5,7H2,1-2H3,(H,16,18). The molecule has 0 aliphatic heterocycles. The van der Waals surface area contributed by atoms with Crippen LogP contribution in [0.25, 0.3) is 0 Å². The van der Waals surface area contributed by atoms with Gasteiger partial charge < -0.3 is 9.88 Å². The molecule has 0 saturated carbocycles. The van der Waals surface area contributed by atoms with Crippen LogP contribution in [0, 0.1) is 6.92 Å². The second kappa shape index (κ2) is 6.52. The third-order valence-corrected chi connectivity index (χ3v) is 4.09. The minimum Gasteiger partial charge on any atom is -0.352 e. The average molecular weight is 277 g/mol. The average Bonchev–Trinajstić information content (AvgIpc) is 3.03. The highest BCUT2D eigenvalue weighted by Gasteiger charge is 2.13. The van der Waals surface area contributed by atoms with Crippen LogP contribution in [0.4, 0.5) is 0 Å². The van der Waals surface area contributed by atoms with Gasteiger partial charge in [0, 0.05) is 35.7 Å². The Labute approximate surface area is 117 Å². The third kappa shape index (κ3) is 3.44. The first-order valence-electron chi connectivity index (χ1n) is 6.53. The summed E-state index contributed by atoms with van der Waals surface area (Å²) in [5, 5.41) is 4.94. The van der Waals surface area contributed by atoms with Crippen LogP contribution in [0.15, 0.2) is 24.1 Å². The molecule has 2 aromatic heterocycles. The number of aryl methyl sites for hydroxylation is 2. The van der Waals surface area contributed by atoms with E-state index in [2.05, 4.69) is 24.1 Å². The smallest absolute Gasteiger partial charge is 0.252 e. The van der Waals surface area contributed by atoms with Gasteiger partial charge in [0.2, 0.25) is 0 Å². The summed E-state index contributed by atoms with van der Waals surface area (Å²) in [5.41, 5.74) is 2.02. The first-order valence-corrected chi connectivity index (χ1v) is 7.41. The highest BCUT2D eigenvalue weighted by atomic mass is 32.1. The molecule has 4 nitrogen and oxygen atoms in total. The summed E-state index contributed by atoms with van der Waals surface area (Å²) >= 11 is 1.65. The Bertz CT molecular complexity index is 531. The lowest BCUT2D eigenvalue weighted by Gasteiger charge is -2.06. The summed E-state index contributed by atoms with van der Waals surface area (Å²) in [4.78, 5) is 17.3. The van der Waals surface area contributed by atoms with E-state index in [-0.39, 0.29) is 5.91 Å². The molecule has 0 radical (unpaired) electrons. The van der Waals surface area contributed by atoms with Gasteiger partial charge in [-0.2, -0.15) is 0 Å². The van der Waals surface area contributed by atoms with Gasteiger partial charge in [0.25, 0.3) is 5.91 Å². The zero-order valence-electron chi connectivity index (χ0n) is 11.3. The summed E-state index contributed by atoms with van der Waals surface area (Å²) in [6.07, 6.45) is 7.30. The lowest BCUT2D eigenvalue weighted by molar-refractivity contribution is 0.0952. The molecule has 0 fully saturated rings. The maximum absolute atomic E-state index is 12.1. The van der Waals surface area contributed by atoms with Crippen molar-refractivity contribution in [1.82, 2.24) is 14.9 Å². The maximum atomic E-state index is 12.1. The zero-order valence-corrected chi connectivity index (χ0v) is 12.2. The molecule has 2 heterocycles. The van der Waals surface area contributed by atoms with E-state index in [0.29, 0.717) is 6.54 Å². The summed E-state index contributed by atoms with van der Waals surface area (Å²) in [6.45, 7) is 5.73. The zero-order chi connectivity index (χ0) is 13.7. The van der Waals surface area contributed by atoms with Crippen LogP contribution in [-0.2, 0) is 13.0 Å². The van der Waals surface area contributed by atoms with Gasteiger partial charge in [-0.1, -0.05) is 6.92 Å². The Kier molecular flexibility index (Phi) is 4.74. The van der Waals surface area contributed by atoms with E-state index < -0.39 is 0 Å². The fourth-order valence-corrected chi connectivity index (χ4v) is 3.03. The third-order valence-electron chi connectivity index (χ3n) is 3.14. The summed E-state index contributed by atoms with van der Waals surface area (Å²) in [6, 6.07) is 0. The summed E-state index contributed by atoms with van der Waals surface area (Å²) in [5.74, 6) is 0.0480. The normalized spacial score (nSPS) is 10.6. The molecule has 102 valence electrons. The highest BCUT2D eigenvalue weighted by molar-refractivity contribution is 7.10. The van der Waals surface area contributed by atoms with Crippen LogP contribution in [0.3, 0.4) is 0 Å². The molecule has 0 aliphatic rings. The molecule has 2 aromatic rings.